The Bertz CT molecular complexity index is 1250. The van der Waals surface area contributed by atoms with Crippen LogP contribution in [-0.4, -0.2) is 54.9 Å². The first-order chi connectivity index (χ1) is 18.2. The highest BCUT2D eigenvalue weighted by atomic mass is 19.4. The first kappa shape index (κ1) is 30.0. The Labute approximate surface area is 221 Å². The van der Waals surface area contributed by atoms with E-state index in [0.29, 0.717) is 25.1 Å². The van der Waals surface area contributed by atoms with Gasteiger partial charge in [0, 0.05) is 36.5 Å². The molecule has 1 heterocycles. The molecule has 0 spiro atoms. The second-order valence-corrected chi connectivity index (χ2v) is 9.55. The number of nitrogens with one attached hydrogen (secondary N) is 3. The Morgan fingerprint density at radius 1 is 0.974 bits per heavy atom. The number of aromatic nitrogens is 1. The zero-order valence-electron chi connectivity index (χ0n) is 21.5. The summed E-state index contributed by atoms with van der Waals surface area (Å²) in [5.41, 5.74) is -1.61. The first-order valence-electron chi connectivity index (χ1n) is 12.3. The van der Waals surface area contributed by atoms with Gasteiger partial charge in [-0.1, -0.05) is 18.2 Å². The number of urea groups is 1. The zero-order valence-corrected chi connectivity index (χ0v) is 21.5. The molecule has 2 aromatic carbocycles. The molecular formula is C27H30F6N4O2. The third-order valence-electron chi connectivity index (χ3n) is 6.17. The lowest BCUT2D eigenvalue weighted by atomic mass is 9.96. The number of ketones is 1. The van der Waals surface area contributed by atoms with E-state index in [1.165, 1.54) is 0 Å². The van der Waals surface area contributed by atoms with Crippen LogP contribution < -0.4 is 10.6 Å². The van der Waals surface area contributed by atoms with E-state index in [4.69, 9.17) is 0 Å². The number of nitrogens with zero attached hydrogens (tertiary/aromatic N) is 1. The number of fused-ring (bicyclic) bond motifs is 1. The molecule has 39 heavy (non-hydrogen) atoms. The summed E-state index contributed by atoms with van der Waals surface area (Å²) >= 11 is 0. The Morgan fingerprint density at radius 3 is 2.23 bits per heavy atom. The molecule has 0 aliphatic carbocycles. The molecule has 0 bridgehead atoms. The minimum Gasteiger partial charge on any atom is -0.361 e. The Hall–Kier alpha value is -3.54. The van der Waals surface area contributed by atoms with Crippen molar-refractivity contribution in [1.29, 1.82) is 0 Å². The molecule has 0 aliphatic rings. The van der Waals surface area contributed by atoms with Crippen molar-refractivity contribution in [2.75, 3.05) is 27.2 Å². The molecule has 1 aromatic heterocycles. The maximum atomic E-state index is 13.2. The van der Waals surface area contributed by atoms with Gasteiger partial charge in [-0.25, -0.2) is 4.79 Å². The lowest BCUT2D eigenvalue weighted by molar-refractivity contribution is -0.143. The van der Waals surface area contributed by atoms with Crippen LogP contribution in [0.5, 0.6) is 0 Å². The van der Waals surface area contributed by atoms with Crippen LogP contribution in [0.4, 0.5) is 31.1 Å². The number of amides is 2. The third kappa shape index (κ3) is 8.74. The number of H-pyrrole nitrogens is 1. The van der Waals surface area contributed by atoms with Gasteiger partial charge in [0.05, 0.1) is 17.2 Å². The number of rotatable bonds is 11. The van der Waals surface area contributed by atoms with Crippen molar-refractivity contribution in [1.82, 2.24) is 20.5 Å². The second-order valence-electron chi connectivity index (χ2n) is 9.55. The normalized spacial score (nSPS) is 13.1. The predicted octanol–water partition coefficient (Wildman–Crippen LogP) is 5.57. The summed E-state index contributed by atoms with van der Waals surface area (Å²) in [6.07, 6.45) is -8.24. The van der Waals surface area contributed by atoms with E-state index in [0.717, 1.165) is 23.0 Å². The number of alkyl halides is 6. The van der Waals surface area contributed by atoms with Gasteiger partial charge in [-0.2, -0.15) is 26.3 Å². The summed E-state index contributed by atoms with van der Waals surface area (Å²) in [5.74, 6) is -0.519. The van der Waals surface area contributed by atoms with Gasteiger partial charge in [0.15, 0.2) is 5.78 Å². The molecule has 1 unspecified atom stereocenters. The van der Waals surface area contributed by atoms with E-state index in [1.54, 1.807) is 6.20 Å². The molecule has 1 atom stereocenters. The van der Waals surface area contributed by atoms with Gasteiger partial charge in [0.2, 0.25) is 0 Å². The largest absolute Gasteiger partial charge is 0.416 e. The van der Waals surface area contributed by atoms with E-state index in [-0.39, 0.29) is 30.9 Å². The van der Waals surface area contributed by atoms with Crippen LogP contribution in [0, 0.1) is 0 Å². The number of hydrogen-bond acceptors (Lipinski definition) is 3. The van der Waals surface area contributed by atoms with Crippen LogP contribution in [0.1, 0.15) is 35.1 Å². The van der Waals surface area contributed by atoms with E-state index in [2.05, 4.69) is 15.6 Å². The summed E-state index contributed by atoms with van der Waals surface area (Å²) in [4.78, 5) is 30.8. The highest BCUT2D eigenvalue weighted by Crippen LogP contribution is 2.36. The minimum absolute atomic E-state index is 0.0489. The maximum absolute atomic E-state index is 13.2. The lowest BCUT2D eigenvalue weighted by Crippen LogP contribution is -2.47. The van der Waals surface area contributed by atoms with Gasteiger partial charge in [-0.15, -0.1) is 0 Å². The summed E-state index contributed by atoms with van der Waals surface area (Å²) in [5, 5.41) is 6.13. The molecule has 0 saturated carbocycles. The van der Waals surface area contributed by atoms with Crippen LogP contribution in [0.15, 0.2) is 48.7 Å². The molecule has 0 radical (unpaired) electrons. The predicted molar refractivity (Wildman–Crippen MR) is 135 cm³/mol. The van der Waals surface area contributed by atoms with Crippen molar-refractivity contribution in [3.05, 3.63) is 70.9 Å². The van der Waals surface area contributed by atoms with Crippen LogP contribution >= 0.6 is 0 Å². The fraction of sp³-hybridized carbons (Fsp3) is 0.407. The molecule has 0 aliphatic heterocycles. The summed E-state index contributed by atoms with van der Waals surface area (Å²) in [6.45, 7) is 1.08. The third-order valence-corrected chi connectivity index (χ3v) is 6.17. The SMILES string of the molecule is CN(C)CCCNC(=O)NC(Cc1c[nH]c2ccccc12)C(=O)CCc1cc(C(F)(F)F)cc(C(F)(F)F)c1. The number of benzene rings is 2. The molecule has 3 N–H and O–H groups in total. The number of para-hydroxylation sites is 1. The van der Waals surface area contributed by atoms with Crippen LogP contribution in [0.25, 0.3) is 10.9 Å². The van der Waals surface area contributed by atoms with Gasteiger partial charge in [-0.3, -0.25) is 4.79 Å². The quantitative estimate of drug-likeness (QED) is 0.214. The van der Waals surface area contributed by atoms with E-state index in [9.17, 15) is 35.9 Å². The number of halogens is 6. The Kier molecular flexibility index (Phi) is 9.65. The minimum atomic E-state index is -4.98. The Balaban J connectivity index is 1.78. The Morgan fingerprint density at radius 2 is 1.62 bits per heavy atom. The average Bonchev–Trinajstić information content (AvgIpc) is 3.26. The molecule has 12 heteroatoms. The molecule has 0 fully saturated rings. The highest BCUT2D eigenvalue weighted by molar-refractivity contribution is 5.90. The van der Waals surface area contributed by atoms with Crippen LogP contribution in [0.2, 0.25) is 0 Å². The number of aryl methyl sites for hydroxylation is 1. The van der Waals surface area contributed by atoms with Crippen molar-refractivity contribution in [2.45, 2.75) is 44.1 Å². The topological polar surface area (TPSA) is 77.2 Å². The number of Topliss-reactive ketones (excluding diaryl/α,β-unsaturated/α-hetero) is 1. The standard InChI is InChI=1S/C27H30F6N4O2/c1-37(2)11-5-10-34-25(39)36-23(14-18-16-35-22-7-4-3-6-21(18)22)24(38)9-8-17-12-19(26(28,29)30)15-20(13-17)27(31,32)33/h3-4,6-7,12-13,15-16,23,35H,5,8-11,14H2,1-2H3,(H2,34,36,39). The number of hydrogen-bond donors (Lipinski definition) is 3. The van der Waals surface area contributed by atoms with Gasteiger partial charge in [-0.05, 0) is 68.9 Å². The second kappa shape index (κ2) is 12.5. The zero-order chi connectivity index (χ0) is 28.8. The molecular weight excluding hydrogens is 526 g/mol. The molecule has 3 aromatic rings. The van der Waals surface area contributed by atoms with E-state index >= 15 is 0 Å². The number of aromatic amines is 1. The smallest absolute Gasteiger partial charge is 0.361 e. The van der Waals surface area contributed by atoms with Gasteiger partial charge < -0.3 is 20.5 Å². The van der Waals surface area contributed by atoms with Gasteiger partial charge >= 0.3 is 18.4 Å². The molecule has 3 rings (SSSR count). The molecule has 2 amide bonds. The van der Waals surface area contributed by atoms with Crippen LogP contribution in [-0.2, 0) is 30.0 Å². The van der Waals surface area contributed by atoms with Gasteiger partial charge in [0.25, 0.3) is 0 Å². The molecule has 6 nitrogen and oxygen atoms in total. The first-order valence-corrected chi connectivity index (χ1v) is 12.3. The lowest BCUT2D eigenvalue weighted by Gasteiger charge is -2.19. The number of carbonyl (C=O) groups excluding carboxylic acids is 2. The van der Waals surface area contributed by atoms with Crippen molar-refractivity contribution in [2.24, 2.45) is 0 Å². The highest BCUT2D eigenvalue weighted by Gasteiger charge is 2.37. The molecule has 212 valence electrons. The van der Waals surface area contributed by atoms with Gasteiger partial charge in [0.1, 0.15) is 0 Å². The fourth-order valence-corrected chi connectivity index (χ4v) is 4.18. The van der Waals surface area contributed by atoms with Crippen molar-refractivity contribution in [3.8, 4) is 0 Å². The fourth-order valence-electron chi connectivity index (χ4n) is 4.18. The van der Waals surface area contributed by atoms with Crippen LogP contribution in [0.3, 0.4) is 0 Å². The summed E-state index contributed by atoms with van der Waals surface area (Å²) in [7, 11) is 3.77. The van der Waals surface area contributed by atoms with E-state index in [1.807, 2.05) is 43.3 Å². The van der Waals surface area contributed by atoms with Crippen molar-refractivity contribution < 1.29 is 35.9 Å². The van der Waals surface area contributed by atoms with Crippen molar-refractivity contribution in [3.63, 3.8) is 0 Å². The van der Waals surface area contributed by atoms with E-state index < -0.39 is 41.3 Å². The molecule has 0 saturated heterocycles. The maximum Gasteiger partial charge on any atom is 0.416 e. The summed E-state index contributed by atoms with van der Waals surface area (Å²) < 4.78 is 79.3. The monoisotopic (exact) mass is 556 g/mol. The summed E-state index contributed by atoms with van der Waals surface area (Å²) in [6, 6.07) is 6.95. The average molecular weight is 557 g/mol. The number of carbonyl (C=O) groups is 2. The van der Waals surface area contributed by atoms with Crippen molar-refractivity contribution >= 4 is 22.7 Å².